The molecule has 0 aromatic carbocycles. The van der Waals surface area contributed by atoms with Gasteiger partial charge in [0, 0.05) is 6.54 Å². The fourth-order valence-corrected chi connectivity index (χ4v) is 1.48. The Kier molecular flexibility index (Phi) is 4.86. The molecule has 0 aromatic heterocycles. The molecule has 0 aliphatic heterocycles. The van der Waals surface area contributed by atoms with Crippen LogP contribution in [0.1, 0.15) is 12.8 Å². The first-order valence-corrected chi connectivity index (χ1v) is 5.37. The maximum Gasteiger partial charge on any atom is 0.411 e. The van der Waals surface area contributed by atoms with Crippen LogP contribution in [0.2, 0.25) is 0 Å². The second-order valence-corrected chi connectivity index (χ2v) is 4.33. The molecule has 0 saturated heterocycles. The van der Waals surface area contributed by atoms with Gasteiger partial charge in [0.15, 0.2) is 0 Å². The molecule has 7 heteroatoms. The van der Waals surface area contributed by atoms with Crippen molar-refractivity contribution in [2.75, 3.05) is 19.8 Å². The van der Waals surface area contributed by atoms with Gasteiger partial charge in [0.25, 0.3) is 0 Å². The van der Waals surface area contributed by atoms with Gasteiger partial charge >= 0.3 is 6.18 Å². The lowest BCUT2D eigenvalue weighted by Gasteiger charge is -2.10. The van der Waals surface area contributed by atoms with Crippen molar-refractivity contribution >= 4 is 17.5 Å². The maximum absolute atomic E-state index is 11.7. The van der Waals surface area contributed by atoms with Gasteiger partial charge in [-0.25, -0.2) is 0 Å². The maximum atomic E-state index is 11.7. The molecule has 1 fully saturated rings. The van der Waals surface area contributed by atoms with E-state index in [0.717, 1.165) is 12.8 Å². The van der Waals surface area contributed by atoms with Crippen LogP contribution in [0.3, 0.4) is 0 Å². The number of carbonyl (C=O) groups excluding carboxylic acids is 1. The molecule has 1 saturated carbocycles. The van der Waals surface area contributed by atoms with E-state index in [4.69, 9.17) is 11.6 Å². The van der Waals surface area contributed by atoms with Crippen molar-refractivity contribution in [2.24, 2.45) is 5.92 Å². The van der Waals surface area contributed by atoms with E-state index in [1.165, 1.54) is 0 Å². The summed E-state index contributed by atoms with van der Waals surface area (Å²) in [6, 6.07) is 0. The minimum absolute atomic E-state index is 0.133. The summed E-state index contributed by atoms with van der Waals surface area (Å²) in [5.74, 6) is -0.145. The van der Waals surface area contributed by atoms with E-state index in [0.29, 0.717) is 5.92 Å². The van der Waals surface area contributed by atoms with Crippen LogP contribution in [0.15, 0.2) is 0 Å². The second kappa shape index (κ2) is 5.72. The van der Waals surface area contributed by atoms with Gasteiger partial charge in [-0.3, -0.25) is 4.79 Å². The molecule has 1 aliphatic carbocycles. The van der Waals surface area contributed by atoms with Crippen LogP contribution in [-0.4, -0.2) is 37.2 Å². The van der Waals surface area contributed by atoms with Gasteiger partial charge in [0.2, 0.25) is 5.91 Å². The molecule has 16 heavy (non-hydrogen) atoms. The van der Waals surface area contributed by atoms with E-state index in [2.05, 4.69) is 10.1 Å². The van der Waals surface area contributed by atoms with E-state index < -0.39 is 25.3 Å². The van der Waals surface area contributed by atoms with E-state index in [9.17, 15) is 18.0 Å². The van der Waals surface area contributed by atoms with Crippen molar-refractivity contribution in [3.8, 4) is 0 Å². The standard InChI is InChI=1S/C9H13ClF3NO2/c10-7(6-1-2-6)3-14-8(15)4-16-5-9(11,12)13/h6-7H,1-5H2,(H,14,15). The third kappa shape index (κ3) is 6.17. The lowest BCUT2D eigenvalue weighted by Crippen LogP contribution is -2.34. The largest absolute Gasteiger partial charge is 0.411 e. The topological polar surface area (TPSA) is 38.3 Å². The van der Waals surface area contributed by atoms with Crippen LogP contribution >= 0.6 is 11.6 Å². The molecule has 1 rings (SSSR count). The molecular formula is C9H13ClF3NO2. The fraction of sp³-hybridized carbons (Fsp3) is 0.889. The first kappa shape index (κ1) is 13.6. The number of nitrogens with one attached hydrogen (secondary N) is 1. The molecule has 0 aromatic rings. The zero-order chi connectivity index (χ0) is 12.2. The van der Waals surface area contributed by atoms with Gasteiger partial charge in [0.05, 0.1) is 5.38 Å². The summed E-state index contributed by atoms with van der Waals surface area (Å²) in [5.41, 5.74) is 0. The van der Waals surface area contributed by atoms with E-state index in [1.807, 2.05) is 0 Å². The monoisotopic (exact) mass is 259 g/mol. The molecule has 1 N–H and O–H groups in total. The highest BCUT2D eigenvalue weighted by Gasteiger charge is 2.30. The summed E-state index contributed by atoms with van der Waals surface area (Å²) in [5, 5.41) is 2.29. The van der Waals surface area contributed by atoms with Crippen LogP contribution in [0, 0.1) is 5.92 Å². The molecule has 1 atom stereocenters. The minimum Gasteiger partial charge on any atom is -0.362 e. The summed E-state index contributed by atoms with van der Waals surface area (Å²) < 4.78 is 39.2. The Morgan fingerprint density at radius 3 is 2.62 bits per heavy atom. The smallest absolute Gasteiger partial charge is 0.362 e. The highest BCUT2D eigenvalue weighted by Crippen LogP contribution is 2.35. The lowest BCUT2D eigenvalue weighted by molar-refractivity contribution is -0.175. The minimum atomic E-state index is -4.40. The second-order valence-electron chi connectivity index (χ2n) is 3.77. The Labute approximate surface area is 96.3 Å². The van der Waals surface area contributed by atoms with Gasteiger partial charge < -0.3 is 10.1 Å². The van der Waals surface area contributed by atoms with Crippen LogP contribution in [-0.2, 0) is 9.53 Å². The number of halogens is 4. The van der Waals surface area contributed by atoms with Crippen molar-refractivity contribution in [2.45, 2.75) is 24.4 Å². The van der Waals surface area contributed by atoms with Crippen molar-refractivity contribution < 1.29 is 22.7 Å². The zero-order valence-corrected chi connectivity index (χ0v) is 9.27. The average Bonchev–Trinajstić information content (AvgIpc) is 2.95. The molecular weight excluding hydrogens is 247 g/mol. The van der Waals surface area contributed by atoms with E-state index in [1.54, 1.807) is 0 Å². The number of rotatable bonds is 6. The molecule has 3 nitrogen and oxygen atoms in total. The molecule has 1 amide bonds. The predicted octanol–water partition coefficient (Wildman–Crippen LogP) is 1.70. The number of carbonyl (C=O) groups is 1. The molecule has 0 bridgehead atoms. The Balaban J connectivity index is 2.02. The van der Waals surface area contributed by atoms with Crippen molar-refractivity contribution in [3.63, 3.8) is 0 Å². The van der Waals surface area contributed by atoms with Crippen LogP contribution in [0.5, 0.6) is 0 Å². The molecule has 0 heterocycles. The Bertz CT molecular complexity index is 243. The van der Waals surface area contributed by atoms with E-state index in [-0.39, 0.29) is 11.9 Å². The molecule has 1 aliphatic rings. The molecule has 0 spiro atoms. The number of hydrogen-bond acceptors (Lipinski definition) is 2. The third-order valence-electron chi connectivity index (χ3n) is 2.13. The number of ether oxygens (including phenoxy) is 1. The average molecular weight is 260 g/mol. The van der Waals surface area contributed by atoms with Gasteiger partial charge in [0.1, 0.15) is 13.2 Å². The first-order chi connectivity index (χ1) is 7.38. The van der Waals surface area contributed by atoms with Crippen LogP contribution in [0.25, 0.3) is 0 Å². The van der Waals surface area contributed by atoms with Gasteiger partial charge in [-0.2, -0.15) is 13.2 Å². The Hall–Kier alpha value is -0.490. The van der Waals surface area contributed by atoms with Crippen molar-refractivity contribution in [1.29, 1.82) is 0 Å². The van der Waals surface area contributed by atoms with Crippen LogP contribution < -0.4 is 5.32 Å². The zero-order valence-electron chi connectivity index (χ0n) is 8.52. The van der Waals surface area contributed by atoms with Gasteiger partial charge in [-0.05, 0) is 18.8 Å². The van der Waals surface area contributed by atoms with Crippen LogP contribution in [0.4, 0.5) is 13.2 Å². The number of hydrogen-bond donors (Lipinski definition) is 1. The highest BCUT2D eigenvalue weighted by atomic mass is 35.5. The number of amides is 1. The lowest BCUT2D eigenvalue weighted by atomic mass is 10.3. The molecule has 94 valence electrons. The predicted molar refractivity (Wildman–Crippen MR) is 52.2 cm³/mol. The molecule has 1 unspecified atom stereocenters. The SMILES string of the molecule is O=C(COCC(F)(F)F)NCC(Cl)C1CC1. The molecule has 0 radical (unpaired) electrons. The summed E-state index contributed by atoms with van der Waals surface area (Å²) in [6.45, 7) is -1.72. The summed E-state index contributed by atoms with van der Waals surface area (Å²) >= 11 is 5.89. The summed E-state index contributed by atoms with van der Waals surface area (Å²) in [4.78, 5) is 11.0. The third-order valence-corrected chi connectivity index (χ3v) is 2.64. The normalized spacial score (nSPS) is 18.2. The van der Waals surface area contributed by atoms with E-state index >= 15 is 0 Å². The van der Waals surface area contributed by atoms with Crippen molar-refractivity contribution in [1.82, 2.24) is 5.32 Å². The van der Waals surface area contributed by atoms with Gasteiger partial charge in [-0.15, -0.1) is 11.6 Å². The summed E-state index contributed by atoms with van der Waals surface area (Å²) in [7, 11) is 0. The van der Waals surface area contributed by atoms with Crippen molar-refractivity contribution in [3.05, 3.63) is 0 Å². The summed E-state index contributed by atoms with van der Waals surface area (Å²) in [6.07, 6.45) is -2.30. The number of alkyl halides is 4. The highest BCUT2D eigenvalue weighted by molar-refractivity contribution is 6.21. The first-order valence-electron chi connectivity index (χ1n) is 4.94. The Morgan fingerprint density at radius 2 is 2.12 bits per heavy atom. The van der Waals surface area contributed by atoms with Gasteiger partial charge in [-0.1, -0.05) is 0 Å². The Morgan fingerprint density at radius 1 is 1.50 bits per heavy atom. The fourth-order valence-electron chi connectivity index (χ4n) is 1.15. The quantitative estimate of drug-likeness (QED) is 0.738.